The van der Waals surface area contributed by atoms with Crippen molar-refractivity contribution in [3.63, 3.8) is 0 Å². The molecule has 1 aliphatic rings. The minimum atomic E-state index is 0. The van der Waals surface area contributed by atoms with Gasteiger partial charge in [0.1, 0.15) is 0 Å². The van der Waals surface area contributed by atoms with Crippen LogP contribution < -0.4 is 0 Å². The van der Waals surface area contributed by atoms with Crippen molar-refractivity contribution in [2.45, 2.75) is 39.5 Å². The first-order valence-corrected chi connectivity index (χ1v) is 6.41. The first-order chi connectivity index (χ1) is 7.52. The summed E-state index contributed by atoms with van der Waals surface area (Å²) in [4.78, 5) is 8.97. The number of aliphatic imine (C=N–C) groups is 1. The molecule has 1 atom stereocenters. The Morgan fingerprint density at radius 3 is 2.53 bits per heavy atom. The van der Waals surface area contributed by atoms with Gasteiger partial charge in [-0.05, 0) is 24.7 Å². The highest BCUT2D eigenvalue weighted by atomic mass is 127. The van der Waals surface area contributed by atoms with Gasteiger partial charge in [0.05, 0.1) is 0 Å². The highest BCUT2D eigenvalue weighted by molar-refractivity contribution is 14.0. The summed E-state index contributed by atoms with van der Waals surface area (Å²) in [6.07, 6.45) is 5.27. The van der Waals surface area contributed by atoms with Crippen LogP contribution >= 0.6 is 24.0 Å². The second-order valence-corrected chi connectivity index (χ2v) is 5.50. The van der Waals surface area contributed by atoms with E-state index in [0.29, 0.717) is 5.41 Å². The van der Waals surface area contributed by atoms with Crippen molar-refractivity contribution in [1.29, 1.82) is 0 Å². The fraction of sp³-hybridized carbons (Fsp3) is 0.923. The average Bonchev–Trinajstić information content (AvgIpc) is 2.18. The average molecular weight is 353 g/mol. The van der Waals surface area contributed by atoms with E-state index in [-0.39, 0.29) is 24.0 Å². The maximum atomic E-state index is 4.41. The molecule has 0 aromatic rings. The fourth-order valence-electron chi connectivity index (χ4n) is 2.92. The SMILES string of the molecule is CCCC1(C)CCCN(C(=NC)N(C)C)C1.I. The van der Waals surface area contributed by atoms with Crippen LogP contribution in [0.4, 0.5) is 0 Å². The molecule has 1 saturated heterocycles. The highest BCUT2D eigenvalue weighted by Gasteiger charge is 2.31. The first-order valence-electron chi connectivity index (χ1n) is 6.41. The molecule has 17 heavy (non-hydrogen) atoms. The summed E-state index contributed by atoms with van der Waals surface area (Å²) in [6.45, 7) is 7.02. The molecule has 1 fully saturated rings. The van der Waals surface area contributed by atoms with Gasteiger partial charge in [-0.1, -0.05) is 20.3 Å². The molecule has 0 amide bonds. The molecule has 1 rings (SSSR count). The molecule has 0 spiro atoms. The van der Waals surface area contributed by atoms with Gasteiger partial charge < -0.3 is 9.80 Å². The van der Waals surface area contributed by atoms with Gasteiger partial charge in [-0.2, -0.15) is 0 Å². The summed E-state index contributed by atoms with van der Waals surface area (Å²) < 4.78 is 0. The van der Waals surface area contributed by atoms with E-state index in [1.807, 2.05) is 7.05 Å². The van der Waals surface area contributed by atoms with Crippen molar-refractivity contribution in [1.82, 2.24) is 9.80 Å². The summed E-state index contributed by atoms with van der Waals surface area (Å²) in [7, 11) is 6.04. The number of piperidine rings is 1. The van der Waals surface area contributed by atoms with E-state index in [9.17, 15) is 0 Å². The number of halogens is 1. The maximum absolute atomic E-state index is 4.41. The molecule has 0 radical (unpaired) electrons. The molecule has 0 aliphatic carbocycles. The number of likely N-dealkylation sites (tertiary alicyclic amines) is 1. The normalized spacial score (nSPS) is 25.5. The predicted octanol–water partition coefficient (Wildman–Crippen LogP) is 3.05. The highest BCUT2D eigenvalue weighted by Crippen LogP contribution is 2.34. The third kappa shape index (κ3) is 4.64. The van der Waals surface area contributed by atoms with Crippen molar-refractivity contribution in [2.24, 2.45) is 10.4 Å². The largest absolute Gasteiger partial charge is 0.349 e. The molecular formula is C13H28IN3. The van der Waals surface area contributed by atoms with Crippen molar-refractivity contribution in [3.8, 4) is 0 Å². The van der Waals surface area contributed by atoms with Crippen LogP contribution in [0.5, 0.6) is 0 Å². The van der Waals surface area contributed by atoms with Crippen molar-refractivity contribution < 1.29 is 0 Å². The van der Waals surface area contributed by atoms with E-state index < -0.39 is 0 Å². The second kappa shape index (κ2) is 7.44. The van der Waals surface area contributed by atoms with Gasteiger partial charge >= 0.3 is 0 Å². The topological polar surface area (TPSA) is 18.8 Å². The summed E-state index contributed by atoms with van der Waals surface area (Å²) in [6, 6.07) is 0. The predicted molar refractivity (Wildman–Crippen MR) is 86.3 cm³/mol. The summed E-state index contributed by atoms with van der Waals surface area (Å²) >= 11 is 0. The maximum Gasteiger partial charge on any atom is 0.195 e. The van der Waals surface area contributed by atoms with Crippen molar-refractivity contribution in [3.05, 3.63) is 0 Å². The van der Waals surface area contributed by atoms with Crippen LogP contribution in [0.25, 0.3) is 0 Å². The number of nitrogens with zero attached hydrogens (tertiary/aromatic N) is 3. The Balaban J connectivity index is 0.00000256. The van der Waals surface area contributed by atoms with Crippen LogP contribution in [0.2, 0.25) is 0 Å². The third-order valence-electron chi connectivity index (χ3n) is 3.52. The lowest BCUT2D eigenvalue weighted by Gasteiger charge is -2.43. The monoisotopic (exact) mass is 353 g/mol. The molecule has 0 N–H and O–H groups in total. The van der Waals surface area contributed by atoms with Crippen LogP contribution in [0.1, 0.15) is 39.5 Å². The quantitative estimate of drug-likeness (QED) is 0.432. The standard InChI is InChI=1S/C13H27N3.HI/c1-6-8-13(2)9-7-10-16(11-13)12(14-3)15(4)5;/h6-11H2,1-5H3;1H. The number of hydrogen-bond donors (Lipinski definition) is 0. The molecule has 1 aliphatic heterocycles. The minimum Gasteiger partial charge on any atom is -0.349 e. The molecule has 0 aromatic carbocycles. The molecule has 3 nitrogen and oxygen atoms in total. The summed E-state index contributed by atoms with van der Waals surface area (Å²) in [5.74, 6) is 1.13. The second-order valence-electron chi connectivity index (χ2n) is 5.50. The van der Waals surface area contributed by atoms with E-state index in [1.165, 1.54) is 25.7 Å². The number of guanidine groups is 1. The minimum absolute atomic E-state index is 0. The van der Waals surface area contributed by atoms with Gasteiger partial charge in [-0.25, -0.2) is 0 Å². The van der Waals surface area contributed by atoms with Gasteiger partial charge in [0.25, 0.3) is 0 Å². The van der Waals surface area contributed by atoms with Gasteiger partial charge in [-0.15, -0.1) is 24.0 Å². The number of rotatable bonds is 2. The zero-order chi connectivity index (χ0) is 12.2. The van der Waals surface area contributed by atoms with E-state index in [4.69, 9.17) is 0 Å². The van der Waals surface area contributed by atoms with E-state index in [0.717, 1.165) is 19.0 Å². The van der Waals surface area contributed by atoms with Crippen LogP contribution in [0.3, 0.4) is 0 Å². The van der Waals surface area contributed by atoms with Crippen molar-refractivity contribution >= 4 is 29.9 Å². The van der Waals surface area contributed by atoms with Crippen LogP contribution in [-0.2, 0) is 0 Å². The Bertz CT molecular complexity index is 249. The lowest BCUT2D eigenvalue weighted by atomic mass is 9.78. The van der Waals surface area contributed by atoms with Crippen LogP contribution in [0, 0.1) is 5.41 Å². The third-order valence-corrected chi connectivity index (χ3v) is 3.52. The van der Waals surface area contributed by atoms with Crippen molar-refractivity contribution in [2.75, 3.05) is 34.2 Å². The van der Waals surface area contributed by atoms with Gasteiger partial charge in [-0.3, -0.25) is 4.99 Å². The molecule has 0 bridgehead atoms. The van der Waals surface area contributed by atoms with E-state index in [1.54, 1.807) is 0 Å². The zero-order valence-corrected chi connectivity index (χ0v) is 14.3. The van der Waals surface area contributed by atoms with E-state index in [2.05, 4.69) is 42.7 Å². The molecule has 102 valence electrons. The Morgan fingerprint density at radius 2 is 2.06 bits per heavy atom. The Kier molecular flexibility index (Phi) is 7.44. The van der Waals surface area contributed by atoms with Gasteiger partial charge in [0.2, 0.25) is 0 Å². The van der Waals surface area contributed by atoms with Gasteiger partial charge in [0, 0.05) is 34.2 Å². The molecule has 0 aromatic heterocycles. The van der Waals surface area contributed by atoms with Crippen LogP contribution in [-0.4, -0.2) is 50.0 Å². The molecular weight excluding hydrogens is 325 g/mol. The first kappa shape index (κ1) is 17.0. The Hall–Kier alpha value is 0. The lowest BCUT2D eigenvalue weighted by molar-refractivity contribution is 0.137. The fourth-order valence-corrected chi connectivity index (χ4v) is 2.92. The number of hydrogen-bond acceptors (Lipinski definition) is 1. The molecule has 1 unspecified atom stereocenters. The zero-order valence-electron chi connectivity index (χ0n) is 12.0. The van der Waals surface area contributed by atoms with Crippen LogP contribution in [0.15, 0.2) is 4.99 Å². The van der Waals surface area contributed by atoms with Gasteiger partial charge in [0.15, 0.2) is 5.96 Å². The molecule has 4 heteroatoms. The Morgan fingerprint density at radius 1 is 1.41 bits per heavy atom. The van der Waals surface area contributed by atoms with E-state index >= 15 is 0 Å². The smallest absolute Gasteiger partial charge is 0.195 e. The summed E-state index contributed by atoms with van der Waals surface area (Å²) in [5, 5.41) is 0. The summed E-state index contributed by atoms with van der Waals surface area (Å²) in [5.41, 5.74) is 0.485. The lowest BCUT2D eigenvalue weighted by Crippen LogP contribution is -2.49. The Labute approximate surface area is 124 Å². The molecule has 0 saturated carbocycles. The molecule has 1 heterocycles.